The number of benzene rings is 1. The lowest BCUT2D eigenvalue weighted by Gasteiger charge is -2.05. The zero-order valence-electron chi connectivity index (χ0n) is 9.57. The number of aliphatic hydroxyl groups excluding tert-OH is 1. The van der Waals surface area contributed by atoms with Crippen molar-refractivity contribution in [2.24, 2.45) is 0 Å². The lowest BCUT2D eigenvalue weighted by molar-refractivity contribution is 0.282. The SMILES string of the molecule is Cc1ccc(-c2cc(CO)ccn2)cc1C. The van der Waals surface area contributed by atoms with E-state index in [9.17, 15) is 0 Å². The summed E-state index contributed by atoms with van der Waals surface area (Å²) in [6.07, 6.45) is 1.73. The van der Waals surface area contributed by atoms with Gasteiger partial charge in [0.15, 0.2) is 0 Å². The Hall–Kier alpha value is -1.67. The molecule has 0 unspecified atom stereocenters. The number of aryl methyl sites for hydroxylation is 2. The monoisotopic (exact) mass is 213 g/mol. The van der Waals surface area contributed by atoms with E-state index in [2.05, 4.69) is 37.0 Å². The quantitative estimate of drug-likeness (QED) is 0.832. The zero-order valence-corrected chi connectivity index (χ0v) is 9.57. The van der Waals surface area contributed by atoms with Crippen LogP contribution in [0.5, 0.6) is 0 Å². The smallest absolute Gasteiger partial charge is 0.0705 e. The number of hydrogen-bond donors (Lipinski definition) is 1. The average molecular weight is 213 g/mol. The van der Waals surface area contributed by atoms with E-state index in [1.54, 1.807) is 6.20 Å². The fourth-order valence-corrected chi connectivity index (χ4v) is 1.63. The first kappa shape index (κ1) is 10.8. The first-order valence-electron chi connectivity index (χ1n) is 5.34. The van der Waals surface area contributed by atoms with Gasteiger partial charge in [-0.25, -0.2) is 0 Å². The highest BCUT2D eigenvalue weighted by atomic mass is 16.3. The Bertz CT molecular complexity index is 506. The molecule has 82 valence electrons. The summed E-state index contributed by atoms with van der Waals surface area (Å²) >= 11 is 0. The van der Waals surface area contributed by atoms with E-state index >= 15 is 0 Å². The lowest BCUT2D eigenvalue weighted by Crippen LogP contribution is -1.89. The first-order valence-corrected chi connectivity index (χ1v) is 5.34. The van der Waals surface area contributed by atoms with E-state index in [0.29, 0.717) is 0 Å². The van der Waals surface area contributed by atoms with Crippen LogP contribution in [0.15, 0.2) is 36.5 Å². The van der Waals surface area contributed by atoms with Crippen LogP contribution < -0.4 is 0 Å². The van der Waals surface area contributed by atoms with E-state index in [4.69, 9.17) is 5.11 Å². The van der Waals surface area contributed by atoms with E-state index in [1.165, 1.54) is 11.1 Å². The van der Waals surface area contributed by atoms with Crippen molar-refractivity contribution in [3.63, 3.8) is 0 Å². The van der Waals surface area contributed by atoms with Gasteiger partial charge in [-0.15, -0.1) is 0 Å². The second kappa shape index (κ2) is 4.45. The van der Waals surface area contributed by atoms with Gasteiger partial charge in [-0.3, -0.25) is 4.98 Å². The van der Waals surface area contributed by atoms with Crippen LogP contribution in [0.25, 0.3) is 11.3 Å². The van der Waals surface area contributed by atoms with Gasteiger partial charge in [0, 0.05) is 11.8 Å². The van der Waals surface area contributed by atoms with Gasteiger partial charge in [0.2, 0.25) is 0 Å². The molecule has 0 spiro atoms. The molecule has 0 saturated carbocycles. The van der Waals surface area contributed by atoms with E-state index in [-0.39, 0.29) is 6.61 Å². The predicted octanol–water partition coefficient (Wildman–Crippen LogP) is 2.86. The van der Waals surface area contributed by atoms with Crippen molar-refractivity contribution in [1.82, 2.24) is 4.98 Å². The van der Waals surface area contributed by atoms with Crippen LogP contribution >= 0.6 is 0 Å². The fraction of sp³-hybridized carbons (Fsp3) is 0.214. The zero-order chi connectivity index (χ0) is 11.5. The van der Waals surface area contributed by atoms with Gasteiger partial charge in [0.25, 0.3) is 0 Å². The summed E-state index contributed by atoms with van der Waals surface area (Å²) in [5.74, 6) is 0. The van der Waals surface area contributed by atoms with Crippen LogP contribution in [0.4, 0.5) is 0 Å². The van der Waals surface area contributed by atoms with Crippen molar-refractivity contribution in [3.05, 3.63) is 53.2 Å². The molecule has 1 N–H and O–H groups in total. The Labute approximate surface area is 95.6 Å². The number of hydrogen-bond acceptors (Lipinski definition) is 2. The second-order valence-electron chi connectivity index (χ2n) is 4.01. The second-order valence-corrected chi connectivity index (χ2v) is 4.01. The van der Waals surface area contributed by atoms with Crippen LogP contribution in [-0.2, 0) is 6.61 Å². The highest BCUT2D eigenvalue weighted by molar-refractivity contribution is 5.61. The van der Waals surface area contributed by atoms with Gasteiger partial charge >= 0.3 is 0 Å². The average Bonchev–Trinajstić information content (AvgIpc) is 2.33. The standard InChI is InChI=1S/C14H15NO/c1-10-3-4-13(7-11(10)2)14-8-12(9-16)5-6-15-14/h3-8,16H,9H2,1-2H3. The Morgan fingerprint density at radius 1 is 1.06 bits per heavy atom. The number of aliphatic hydroxyl groups is 1. The molecule has 0 aliphatic heterocycles. The molecule has 2 heteroatoms. The number of aromatic nitrogens is 1. The third-order valence-corrected chi connectivity index (χ3v) is 2.81. The third-order valence-electron chi connectivity index (χ3n) is 2.81. The maximum atomic E-state index is 9.08. The topological polar surface area (TPSA) is 33.1 Å². The molecule has 0 aliphatic rings. The lowest BCUT2D eigenvalue weighted by atomic mass is 10.0. The molecule has 0 amide bonds. The molecule has 1 aromatic heterocycles. The van der Waals surface area contributed by atoms with Gasteiger partial charge in [-0.2, -0.15) is 0 Å². The maximum Gasteiger partial charge on any atom is 0.0705 e. The molecule has 2 nitrogen and oxygen atoms in total. The Balaban J connectivity index is 2.46. The molecule has 1 aromatic carbocycles. The molecule has 0 radical (unpaired) electrons. The normalized spacial score (nSPS) is 10.4. The van der Waals surface area contributed by atoms with Crippen molar-refractivity contribution in [3.8, 4) is 11.3 Å². The van der Waals surface area contributed by atoms with Crippen molar-refractivity contribution in [2.75, 3.05) is 0 Å². The third kappa shape index (κ3) is 2.12. The molecule has 2 aromatic rings. The van der Waals surface area contributed by atoms with Gasteiger partial charge in [-0.1, -0.05) is 12.1 Å². The van der Waals surface area contributed by atoms with Gasteiger partial charge in [0.1, 0.15) is 0 Å². The van der Waals surface area contributed by atoms with Gasteiger partial charge in [0.05, 0.1) is 12.3 Å². The molecule has 16 heavy (non-hydrogen) atoms. The van der Waals surface area contributed by atoms with Crippen molar-refractivity contribution >= 4 is 0 Å². The number of rotatable bonds is 2. The van der Waals surface area contributed by atoms with Gasteiger partial charge in [-0.05, 0) is 48.7 Å². The molecule has 0 saturated heterocycles. The van der Waals surface area contributed by atoms with E-state index in [1.807, 2.05) is 12.1 Å². The molecule has 0 aliphatic carbocycles. The summed E-state index contributed by atoms with van der Waals surface area (Å²) in [5, 5.41) is 9.08. The van der Waals surface area contributed by atoms with Gasteiger partial charge < -0.3 is 5.11 Å². The Kier molecular flexibility index (Phi) is 3.02. The molecule has 0 fully saturated rings. The van der Waals surface area contributed by atoms with E-state index < -0.39 is 0 Å². The maximum absolute atomic E-state index is 9.08. The minimum atomic E-state index is 0.0559. The fourth-order valence-electron chi connectivity index (χ4n) is 1.63. The summed E-state index contributed by atoms with van der Waals surface area (Å²) in [6.45, 7) is 4.24. The summed E-state index contributed by atoms with van der Waals surface area (Å²) in [4.78, 5) is 4.32. The minimum absolute atomic E-state index is 0.0559. The van der Waals surface area contributed by atoms with Crippen molar-refractivity contribution < 1.29 is 5.11 Å². The molecular formula is C14H15NO. The largest absolute Gasteiger partial charge is 0.392 e. The van der Waals surface area contributed by atoms with Crippen LogP contribution in [0.1, 0.15) is 16.7 Å². The summed E-state index contributed by atoms with van der Waals surface area (Å²) < 4.78 is 0. The molecule has 0 bridgehead atoms. The Morgan fingerprint density at radius 3 is 2.56 bits per heavy atom. The number of pyridine rings is 1. The highest BCUT2D eigenvalue weighted by Gasteiger charge is 2.02. The number of nitrogens with zero attached hydrogens (tertiary/aromatic N) is 1. The molecular weight excluding hydrogens is 198 g/mol. The van der Waals surface area contributed by atoms with Crippen molar-refractivity contribution in [1.29, 1.82) is 0 Å². The molecule has 1 heterocycles. The van der Waals surface area contributed by atoms with Crippen LogP contribution in [-0.4, -0.2) is 10.1 Å². The minimum Gasteiger partial charge on any atom is -0.392 e. The Morgan fingerprint density at radius 2 is 1.88 bits per heavy atom. The molecule has 0 atom stereocenters. The predicted molar refractivity (Wildman–Crippen MR) is 65.1 cm³/mol. The summed E-state index contributed by atoms with van der Waals surface area (Å²) in [5.41, 5.74) is 5.44. The van der Waals surface area contributed by atoms with Crippen LogP contribution in [0, 0.1) is 13.8 Å². The van der Waals surface area contributed by atoms with Crippen LogP contribution in [0.3, 0.4) is 0 Å². The van der Waals surface area contributed by atoms with E-state index in [0.717, 1.165) is 16.8 Å². The summed E-state index contributed by atoms with van der Waals surface area (Å²) in [6, 6.07) is 10.0. The highest BCUT2D eigenvalue weighted by Crippen LogP contribution is 2.20. The van der Waals surface area contributed by atoms with Crippen molar-refractivity contribution in [2.45, 2.75) is 20.5 Å². The summed E-state index contributed by atoms with van der Waals surface area (Å²) in [7, 11) is 0. The molecule has 2 rings (SSSR count). The van der Waals surface area contributed by atoms with Crippen LogP contribution in [0.2, 0.25) is 0 Å². The first-order chi connectivity index (χ1) is 7.70.